The summed E-state index contributed by atoms with van der Waals surface area (Å²) in [6.45, 7) is 6.37. The summed E-state index contributed by atoms with van der Waals surface area (Å²) in [4.78, 5) is 16.6. The number of benzene rings is 2. The predicted octanol–water partition coefficient (Wildman–Crippen LogP) is 5.31. The number of fused-ring (bicyclic) bond motifs is 1. The van der Waals surface area contributed by atoms with Crippen molar-refractivity contribution in [2.45, 2.75) is 37.6 Å². The van der Waals surface area contributed by atoms with Gasteiger partial charge in [-0.1, -0.05) is 25.6 Å². The van der Waals surface area contributed by atoms with Crippen molar-refractivity contribution in [3.05, 3.63) is 69.6 Å². The minimum absolute atomic E-state index is 0.344. The Bertz CT molecular complexity index is 1240. The third kappa shape index (κ3) is 4.11. The van der Waals surface area contributed by atoms with Crippen molar-refractivity contribution in [3.8, 4) is 17.1 Å². The lowest BCUT2D eigenvalue weighted by Gasteiger charge is -2.12. The van der Waals surface area contributed by atoms with Gasteiger partial charge >= 0.3 is 5.63 Å². The second kappa shape index (κ2) is 8.36. The van der Waals surface area contributed by atoms with Gasteiger partial charge in [0.05, 0.1) is 7.11 Å². The zero-order valence-electron chi connectivity index (χ0n) is 17.4. The first-order chi connectivity index (χ1) is 14.4. The SMILES string of the molecule is COc1ccc(-c2nc(SCc3cc(=O)oc4cc(C)c(C(C)C)cc34)n[nH]2)cc1. The molecule has 0 unspecified atom stereocenters. The first-order valence-corrected chi connectivity index (χ1v) is 10.7. The molecule has 6 nitrogen and oxygen atoms in total. The smallest absolute Gasteiger partial charge is 0.336 e. The number of hydrogen-bond donors (Lipinski definition) is 1. The van der Waals surface area contributed by atoms with Crippen LogP contribution in [-0.4, -0.2) is 22.3 Å². The van der Waals surface area contributed by atoms with Crippen LogP contribution in [0.15, 0.2) is 56.8 Å². The lowest BCUT2D eigenvalue weighted by molar-refractivity contribution is 0.415. The molecule has 4 rings (SSSR count). The van der Waals surface area contributed by atoms with Gasteiger partial charge in [0.25, 0.3) is 0 Å². The zero-order chi connectivity index (χ0) is 21.3. The van der Waals surface area contributed by atoms with E-state index >= 15 is 0 Å². The van der Waals surface area contributed by atoms with E-state index in [2.05, 4.69) is 35.1 Å². The summed E-state index contributed by atoms with van der Waals surface area (Å²) in [5, 5.41) is 8.86. The fraction of sp³-hybridized carbons (Fsp3) is 0.261. The Morgan fingerprint density at radius 1 is 1.17 bits per heavy atom. The zero-order valence-corrected chi connectivity index (χ0v) is 18.2. The van der Waals surface area contributed by atoms with E-state index in [0.29, 0.717) is 28.2 Å². The number of aromatic nitrogens is 3. The van der Waals surface area contributed by atoms with Gasteiger partial charge in [-0.2, -0.15) is 0 Å². The molecule has 0 radical (unpaired) electrons. The number of methoxy groups -OCH3 is 1. The summed E-state index contributed by atoms with van der Waals surface area (Å²) < 4.78 is 10.6. The van der Waals surface area contributed by atoms with Gasteiger partial charge in [0.1, 0.15) is 11.3 Å². The van der Waals surface area contributed by atoms with E-state index in [-0.39, 0.29) is 5.63 Å². The average molecular weight is 422 g/mol. The van der Waals surface area contributed by atoms with Crippen LogP contribution in [0.25, 0.3) is 22.4 Å². The maximum Gasteiger partial charge on any atom is 0.336 e. The molecule has 0 bridgehead atoms. The fourth-order valence-corrected chi connectivity index (χ4v) is 4.25. The molecule has 2 heterocycles. The van der Waals surface area contributed by atoms with E-state index in [0.717, 1.165) is 27.8 Å². The molecule has 0 saturated carbocycles. The van der Waals surface area contributed by atoms with Crippen molar-refractivity contribution in [1.82, 2.24) is 15.2 Å². The van der Waals surface area contributed by atoms with Gasteiger partial charge in [-0.05, 0) is 65.9 Å². The molecule has 0 aliphatic rings. The Kier molecular flexibility index (Phi) is 5.63. The van der Waals surface area contributed by atoms with Crippen molar-refractivity contribution in [2.75, 3.05) is 7.11 Å². The topological polar surface area (TPSA) is 81.0 Å². The van der Waals surface area contributed by atoms with Crippen molar-refractivity contribution < 1.29 is 9.15 Å². The Balaban J connectivity index is 1.60. The lowest BCUT2D eigenvalue weighted by atomic mass is 9.95. The number of thioether (sulfide) groups is 1. The maximum atomic E-state index is 12.1. The highest BCUT2D eigenvalue weighted by atomic mass is 32.2. The third-order valence-corrected chi connectivity index (χ3v) is 5.92. The first kappa shape index (κ1) is 20.2. The normalized spacial score (nSPS) is 11.4. The minimum Gasteiger partial charge on any atom is -0.497 e. The third-order valence-electron chi connectivity index (χ3n) is 5.02. The van der Waals surface area contributed by atoms with E-state index in [1.54, 1.807) is 13.2 Å². The summed E-state index contributed by atoms with van der Waals surface area (Å²) in [5.41, 5.74) is 4.51. The Morgan fingerprint density at radius 3 is 2.63 bits per heavy atom. The van der Waals surface area contributed by atoms with Gasteiger partial charge < -0.3 is 9.15 Å². The summed E-state index contributed by atoms with van der Waals surface area (Å²) in [6.07, 6.45) is 0. The molecule has 0 atom stereocenters. The van der Waals surface area contributed by atoms with Crippen LogP contribution < -0.4 is 10.4 Å². The Morgan fingerprint density at radius 2 is 1.93 bits per heavy atom. The van der Waals surface area contributed by atoms with E-state index < -0.39 is 0 Å². The monoisotopic (exact) mass is 421 g/mol. The maximum absolute atomic E-state index is 12.1. The molecule has 4 aromatic rings. The summed E-state index contributed by atoms with van der Waals surface area (Å²) in [6, 6.07) is 13.3. The molecule has 0 aliphatic carbocycles. The van der Waals surface area contributed by atoms with Crippen LogP contribution in [0.4, 0.5) is 0 Å². The van der Waals surface area contributed by atoms with Gasteiger partial charge in [0, 0.05) is 22.8 Å². The van der Waals surface area contributed by atoms with E-state index in [1.807, 2.05) is 37.3 Å². The molecule has 30 heavy (non-hydrogen) atoms. The largest absolute Gasteiger partial charge is 0.497 e. The van der Waals surface area contributed by atoms with Crippen molar-refractivity contribution in [3.63, 3.8) is 0 Å². The summed E-state index contributed by atoms with van der Waals surface area (Å²) in [7, 11) is 1.64. The molecule has 0 aliphatic heterocycles. The molecule has 154 valence electrons. The highest BCUT2D eigenvalue weighted by molar-refractivity contribution is 7.98. The van der Waals surface area contributed by atoms with Crippen molar-refractivity contribution in [2.24, 2.45) is 0 Å². The van der Waals surface area contributed by atoms with Crippen LogP contribution in [0.3, 0.4) is 0 Å². The average Bonchev–Trinajstić information content (AvgIpc) is 3.20. The fourth-order valence-electron chi connectivity index (χ4n) is 3.46. The quantitative estimate of drug-likeness (QED) is 0.336. The van der Waals surface area contributed by atoms with Gasteiger partial charge in [-0.3, -0.25) is 5.10 Å². The summed E-state index contributed by atoms with van der Waals surface area (Å²) >= 11 is 1.48. The molecular weight excluding hydrogens is 398 g/mol. The molecule has 0 amide bonds. The molecule has 0 fully saturated rings. The predicted molar refractivity (Wildman–Crippen MR) is 119 cm³/mol. The standard InChI is InChI=1S/C23H23N3O3S/c1-13(2)18-11-19-16(10-21(27)29-20(19)9-14(18)3)12-30-23-24-22(25-26-23)15-5-7-17(28-4)8-6-15/h5-11,13H,12H2,1-4H3,(H,24,25,26). The van der Waals surface area contributed by atoms with Crippen LogP contribution in [0.2, 0.25) is 0 Å². The van der Waals surface area contributed by atoms with E-state index in [1.165, 1.54) is 17.3 Å². The molecule has 2 aromatic heterocycles. The summed E-state index contributed by atoms with van der Waals surface area (Å²) in [5.74, 6) is 2.44. The van der Waals surface area contributed by atoms with Gasteiger partial charge in [-0.25, -0.2) is 9.78 Å². The number of nitrogens with one attached hydrogen (secondary N) is 1. The molecule has 1 N–H and O–H groups in total. The number of aryl methyl sites for hydroxylation is 1. The molecular formula is C23H23N3O3S. The van der Waals surface area contributed by atoms with E-state index in [9.17, 15) is 4.79 Å². The van der Waals surface area contributed by atoms with Crippen molar-refractivity contribution >= 4 is 22.7 Å². The van der Waals surface area contributed by atoms with Crippen LogP contribution in [0, 0.1) is 6.92 Å². The number of rotatable bonds is 6. The van der Waals surface area contributed by atoms with Crippen LogP contribution in [0.1, 0.15) is 36.5 Å². The van der Waals surface area contributed by atoms with Gasteiger partial charge in [-0.15, -0.1) is 5.10 Å². The molecule has 0 spiro atoms. The number of hydrogen-bond acceptors (Lipinski definition) is 6. The number of ether oxygens (including phenoxy) is 1. The van der Waals surface area contributed by atoms with Crippen LogP contribution in [0.5, 0.6) is 5.75 Å². The number of H-pyrrole nitrogens is 1. The molecule has 0 saturated heterocycles. The van der Waals surface area contributed by atoms with Gasteiger partial charge in [0.15, 0.2) is 5.82 Å². The highest BCUT2D eigenvalue weighted by Gasteiger charge is 2.13. The second-order valence-corrected chi connectivity index (χ2v) is 8.38. The second-order valence-electron chi connectivity index (χ2n) is 7.43. The molecule has 7 heteroatoms. The van der Waals surface area contributed by atoms with Crippen LogP contribution >= 0.6 is 11.8 Å². The number of aromatic amines is 1. The number of nitrogens with zero attached hydrogens (tertiary/aromatic N) is 2. The van der Waals surface area contributed by atoms with Crippen molar-refractivity contribution in [1.29, 1.82) is 0 Å². The van der Waals surface area contributed by atoms with Gasteiger partial charge in [0.2, 0.25) is 5.16 Å². The van der Waals surface area contributed by atoms with E-state index in [4.69, 9.17) is 9.15 Å². The lowest BCUT2D eigenvalue weighted by Crippen LogP contribution is -2.02. The Labute approximate surface area is 178 Å². The van der Waals surface area contributed by atoms with Crippen LogP contribution in [-0.2, 0) is 5.75 Å². The first-order valence-electron chi connectivity index (χ1n) is 9.71. The minimum atomic E-state index is -0.344. The highest BCUT2D eigenvalue weighted by Crippen LogP contribution is 2.30. The molecule has 2 aromatic carbocycles. The Hall–Kier alpha value is -3.06.